The van der Waals surface area contributed by atoms with Crippen LogP contribution in [0.3, 0.4) is 0 Å². The molecule has 8 nitrogen and oxygen atoms in total. The van der Waals surface area contributed by atoms with Gasteiger partial charge in [-0.15, -0.1) is 4.37 Å². The Morgan fingerprint density at radius 3 is 2.46 bits per heavy atom. The summed E-state index contributed by atoms with van der Waals surface area (Å²) in [7, 11) is 2.05. The van der Waals surface area contributed by atoms with Crippen molar-refractivity contribution < 1.29 is 37.7 Å². The van der Waals surface area contributed by atoms with Gasteiger partial charge in [-0.2, -0.15) is 17.5 Å². The molecule has 1 aliphatic rings. The standard InChI is InChI=1S/C14H20F3N3OS.C2H2O4/c1-20-8-5-6-11(10-20)12-13(19-22-18-12)21-9-4-2-3-7-14(15,16)17;3-1(4)2(5)6/h6H,2-5,7-10H2,1H3;(H,3,4)(H,5,6). The molecule has 158 valence electrons. The molecule has 0 fully saturated rings. The zero-order chi connectivity index (χ0) is 21.2. The van der Waals surface area contributed by atoms with E-state index in [1.165, 1.54) is 0 Å². The average Bonchev–Trinajstić information content (AvgIpc) is 3.06. The number of alkyl halides is 3. The fourth-order valence-electron chi connectivity index (χ4n) is 2.31. The molecule has 1 aliphatic heterocycles. The van der Waals surface area contributed by atoms with E-state index in [1.807, 2.05) is 7.05 Å². The number of ether oxygens (including phenoxy) is 1. The molecule has 0 radical (unpaired) electrons. The SMILES string of the molecule is CN1CCC=C(c2nsnc2OCCCCCC(F)(F)F)C1.O=C(O)C(=O)O. The molecule has 0 unspecified atom stereocenters. The number of nitrogens with zero attached hydrogens (tertiary/aromatic N) is 3. The third-order valence-electron chi connectivity index (χ3n) is 3.63. The van der Waals surface area contributed by atoms with Crippen molar-refractivity contribution in [2.45, 2.75) is 38.3 Å². The van der Waals surface area contributed by atoms with Crippen LogP contribution in [-0.4, -0.2) is 68.7 Å². The Kier molecular flexibility index (Phi) is 9.87. The van der Waals surface area contributed by atoms with Gasteiger partial charge in [-0.1, -0.05) is 6.08 Å². The lowest BCUT2D eigenvalue weighted by atomic mass is 10.1. The summed E-state index contributed by atoms with van der Waals surface area (Å²) in [5.74, 6) is -3.15. The Balaban J connectivity index is 0.000000568. The highest BCUT2D eigenvalue weighted by Crippen LogP contribution is 2.27. The van der Waals surface area contributed by atoms with Crippen molar-refractivity contribution in [3.8, 4) is 5.88 Å². The summed E-state index contributed by atoms with van der Waals surface area (Å²) in [6.45, 7) is 2.21. The lowest BCUT2D eigenvalue weighted by Crippen LogP contribution is -2.25. The van der Waals surface area contributed by atoms with Crippen molar-refractivity contribution in [1.82, 2.24) is 13.6 Å². The average molecular weight is 425 g/mol. The van der Waals surface area contributed by atoms with Crippen molar-refractivity contribution in [3.63, 3.8) is 0 Å². The Hall–Kier alpha value is -2.21. The highest BCUT2D eigenvalue weighted by Gasteiger charge is 2.25. The second-order valence-corrected chi connectivity index (χ2v) is 6.59. The van der Waals surface area contributed by atoms with E-state index >= 15 is 0 Å². The van der Waals surface area contributed by atoms with Crippen LogP contribution in [0.2, 0.25) is 0 Å². The fourth-order valence-corrected chi connectivity index (χ4v) is 2.84. The van der Waals surface area contributed by atoms with Gasteiger partial charge in [0.05, 0.1) is 18.3 Å². The maximum absolute atomic E-state index is 12.0. The predicted molar refractivity (Wildman–Crippen MR) is 95.3 cm³/mol. The van der Waals surface area contributed by atoms with Crippen molar-refractivity contribution in [2.75, 3.05) is 26.7 Å². The summed E-state index contributed by atoms with van der Waals surface area (Å²) in [6, 6.07) is 0. The zero-order valence-electron chi connectivity index (χ0n) is 15.2. The fraction of sp³-hybridized carbons (Fsp3) is 0.625. The van der Waals surface area contributed by atoms with E-state index < -0.39 is 24.5 Å². The van der Waals surface area contributed by atoms with E-state index in [0.29, 0.717) is 25.3 Å². The van der Waals surface area contributed by atoms with Crippen molar-refractivity contribution in [2.24, 2.45) is 0 Å². The highest BCUT2D eigenvalue weighted by atomic mass is 32.1. The van der Waals surface area contributed by atoms with E-state index in [1.54, 1.807) is 0 Å². The monoisotopic (exact) mass is 425 g/mol. The van der Waals surface area contributed by atoms with E-state index in [4.69, 9.17) is 24.5 Å². The Morgan fingerprint density at radius 1 is 1.21 bits per heavy atom. The number of unbranched alkanes of at least 4 members (excludes halogenated alkanes) is 2. The molecule has 0 aromatic carbocycles. The summed E-state index contributed by atoms with van der Waals surface area (Å²) in [6.07, 6.45) is -0.440. The molecule has 0 atom stereocenters. The molecule has 0 spiro atoms. The second kappa shape index (κ2) is 11.6. The summed E-state index contributed by atoms with van der Waals surface area (Å²) < 4.78 is 50.1. The third-order valence-corrected chi connectivity index (χ3v) is 4.14. The third kappa shape index (κ3) is 9.65. The normalized spacial score (nSPS) is 14.6. The van der Waals surface area contributed by atoms with Crippen LogP contribution in [0.1, 0.15) is 37.8 Å². The first-order valence-electron chi connectivity index (χ1n) is 8.46. The van der Waals surface area contributed by atoms with Gasteiger partial charge in [0.15, 0.2) is 0 Å². The summed E-state index contributed by atoms with van der Waals surface area (Å²) in [5.41, 5.74) is 1.88. The van der Waals surface area contributed by atoms with Crippen LogP contribution in [0.25, 0.3) is 5.57 Å². The molecule has 12 heteroatoms. The minimum atomic E-state index is -4.06. The maximum Gasteiger partial charge on any atom is 0.414 e. The number of likely N-dealkylation sites (N-methyl/N-ethyl adjacent to an activating group) is 1. The van der Waals surface area contributed by atoms with Crippen LogP contribution in [0, 0.1) is 0 Å². The van der Waals surface area contributed by atoms with Gasteiger partial charge in [0.25, 0.3) is 5.88 Å². The van der Waals surface area contributed by atoms with E-state index in [-0.39, 0.29) is 6.42 Å². The second-order valence-electron chi connectivity index (χ2n) is 6.06. The molecule has 0 amide bonds. The summed E-state index contributed by atoms with van der Waals surface area (Å²) in [4.78, 5) is 20.4. The first kappa shape index (κ1) is 23.8. The van der Waals surface area contributed by atoms with Gasteiger partial charge in [0.2, 0.25) is 0 Å². The number of hydrogen-bond acceptors (Lipinski definition) is 7. The van der Waals surface area contributed by atoms with E-state index in [2.05, 4.69) is 19.7 Å². The molecule has 0 aliphatic carbocycles. The van der Waals surface area contributed by atoms with Gasteiger partial charge in [0.1, 0.15) is 5.69 Å². The Bertz CT molecular complexity index is 667. The lowest BCUT2D eigenvalue weighted by molar-refractivity contribution is -0.159. The number of aliphatic carboxylic acids is 2. The van der Waals surface area contributed by atoms with Crippen LogP contribution >= 0.6 is 11.7 Å². The van der Waals surface area contributed by atoms with Crippen LogP contribution < -0.4 is 4.74 Å². The first-order chi connectivity index (χ1) is 13.1. The first-order valence-corrected chi connectivity index (χ1v) is 9.19. The number of carboxylic acid groups (broad SMARTS) is 2. The van der Waals surface area contributed by atoms with Crippen LogP contribution in [0.5, 0.6) is 5.88 Å². The number of hydrogen-bond donors (Lipinski definition) is 2. The molecule has 1 aromatic rings. The Labute approximate surface area is 163 Å². The van der Waals surface area contributed by atoms with Crippen LogP contribution in [0.4, 0.5) is 13.2 Å². The topological polar surface area (TPSA) is 113 Å². The zero-order valence-corrected chi connectivity index (χ0v) is 16.1. The van der Waals surface area contributed by atoms with Gasteiger partial charge in [-0.05, 0) is 38.3 Å². The molecule has 0 bridgehead atoms. The van der Waals surface area contributed by atoms with Gasteiger partial charge in [-0.25, -0.2) is 9.59 Å². The molecule has 0 saturated carbocycles. The van der Waals surface area contributed by atoms with Crippen LogP contribution in [-0.2, 0) is 9.59 Å². The van der Waals surface area contributed by atoms with Crippen molar-refractivity contribution in [1.29, 1.82) is 0 Å². The molecule has 28 heavy (non-hydrogen) atoms. The minimum Gasteiger partial charge on any atom is -0.475 e. The van der Waals surface area contributed by atoms with Crippen LogP contribution in [0.15, 0.2) is 6.08 Å². The Morgan fingerprint density at radius 2 is 1.89 bits per heavy atom. The van der Waals surface area contributed by atoms with Crippen molar-refractivity contribution >= 4 is 29.2 Å². The van der Waals surface area contributed by atoms with Gasteiger partial charge >= 0.3 is 18.1 Å². The molecule has 2 rings (SSSR count). The van der Waals surface area contributed by atoms with E-state index in [0.717, 1.165) is 42.5 Å². The van der Waals surface area contributed by atoms with Gasteiger partial charge in [-0.3, -0.25) is 0 Å². The number of halogens is 3. The van der Waals surface area contributed by atoms with Crippen molar-refractivity contribution in [3.05, 3.63) is 11.8 Å². The maximum atomic E-state index is 12.0. The number of aromatic nitrogens is 2. The number of carbonyl (C=O) groups is 2. The summed E-state index contributed by atoms with van der Waals surface area (Å²) in [5, 5.41) is 14.8. The van der Waals surface area contributed by atoms with Gasteiger partial charge < -0.3 is 19.8 Å². The molecule has 2 heterocycles. The number of rotatable bonds is 7. The largest absolute Gasteiger partial charge is 0.475 e. The predicted octanol–water partition coefficient (Wildman–Crippen LogP) is 2.91. The van der Waals surface area contributed by atoms with Gasteiger partial charge in [0, 0.05) is 19.5 Å². The highest BCUT2D eigenvalue weighted by molar-refractivity contribution is 6.99. The molecule has 1 aromatic heterocycles. The molecule has 2 N–H and O–H groups in total. The molecule has 0 saturated heterocycles. The molecular weight excluding hydrogens is 403 g/mol. The number of carboxylic acids is 2. The quantitative estimate of drug-likeness (QED) is 0.507. The lowest BCUT2D eigenvalue weighted by Gasteiger charge is -2.22. The molecular formula is C16H22F3N3O5S. The summed E-state index contributed by atoms with van der Waals surface area (Å²) >= 11 is 1.10. The smallest absolute Gasteiger partial charge is 0.414 e. The minimum absolute atomic E-state index is 0.144. The van der Waals surface area contributed by atoms with E-state index in [9.17, 15) is 13.2 Å².